The lowest BCUT2D eigenvalue weighted by Gasteiger charge is -2.31. The second-order valence-corrected chi connectivity index (χ2v) is 5.04. The van der Waals surface area contributed by atoms with Gasteiger partial charge in [-0.1, -0.05) is 12.2 Å². The van der Waals surface area contributed by atoms with Gasteiger partial charge in [0, 0.05) is 6.54 Å². The summed E-state index contributed by atoms with van der Waals surface area (Å²) < 4.78 is 5.33. The number of rotatable bonds is 3. The van der Waals surface area contributed by atoms with Gasteiger partial charge in [0.15, 0.2) is 0 Å². The summed E-state index contributed by atoms with van der Waals surface area (Å²) in [5.41, 5.74) is 0.274. The Morgan fingerprint density at radius 2 is 2.19 bits per heavy atom. The minimum absolute atomic E-state index is 0.355. The van der Waals surface area contributed by atoms with Crippen molar-refractivity contribution in [3.63, 3.8) is 0 Å². The fourth-order valence-electron chi connectivity index (χ4n) is 1.67. The van der Waals surface area contributed by atoms with Crippen LogP contribution in [0.15, 0.2) is 12.2 Å². The van der Waals surface area contributed by atoms with Gasteiger partial charge < -0.3 is 14.9 Å². The molecule has 0 aromatic rings. The molecule has 1 fully saturated rings. The molecule has 2 atom stereocenters. The molecule has 16 heavy (non-hydrogen) atoms. The Morgan fingerprint density at radius 3 is 2.62 bits per heavy atom. The maximum atomic E-state index is 11.0. The Balaban J connectivity index is 2.70. The Labute approximate surface area is 95.3 Å². The smallest absolute Gasteiger partial charge is 0.321 e. The summed E-state index contributed by atoms with van der Waals surface area (Å²) in [5, 5.41) is 18.8. The summed E-state index contributed by atoms with van der Waals surface area (Å²) in [7, 11) is 0. The molecule has 0 spiro atoms. The minimum Gasteiger partial charge on any atom is -0.480 e. The van der Waals surface area contributed by atoms with Crippen LogP contribution in [0.3, 0.4) is 0 Å². The van der Waals surface area contributed by atoms with Crippen LogP contribution in [-0.4, -0.2) is 45.7 Å². The number of hydrogen-bond acceptors (Lipinski definition) is 4. The molecule has 1 rings (SSSR count). The summed E-state index contributed by atoms with van der Waals surface area (Å²) >= 11 is 0. The van der Waals surface area contributed by atoms with Gasteiger partial charge in [-0.3, -0.25) is 4.79 Å². The lowest BCUT2D eigenvalue weighted by Crippen LogP contribution is -2.47. The number of nitrogens with zero attached hydrogens (tertiary/aromatic N) is 1. The zero-order chi connectivity index (χ0) is 12.5. The number of aliphatic hydroxyl groups is 1. The average Bonchev–Trinajstić information content (AvgIpc) is 2.44. The summed E-state index contributed by atoms with van der Waals surface area (Å²) in [5.74, 6) is -0.963. The van der Waals surface area contributed by atoms with Crippen LogP contribution in [0, 0.1) is 0 Å². The monoisotopic (exact) mass is 229 g/mol. The van der Waals surface area contributed by atoms with E-state index in [1.165, 1.54) is 4.90 Å². The predicted octanol–water partition coefficient (Wildman–Crippen LogP) is 0.792. The molecule has 0 aromatic heterocycles. The van der Waals surface area contributed by atoms with Gasteiger partial charge in [0.25, 0.3) is 0 Å². The molecule has 0 radical (unpaired) electrons. The Hall–Kier alpha value is -0.910. The van der Waals surface area contributed by atoms with Crippen molar-refractivity contribution in [1.29, 1.82) is 0 Å². The van der Waals surface area contributed by atoms with Gasteiger partial charge in [-0.2, -0.15) is 0 Å². The van der Waals surface area contributed by atoms with Crippen molar-refractivity contribution in [2.45, 2.75) is 45.2 Å². The number of hydrogen-bond donors (Lipinski definition) is 2. The standard InChI is InChI=1S/C11H19NO4/c1-7-5-8(9(13)14)12(6-7)10(15)16-11(2,3)4/h8,10,15H,1,5-6H2,2-4H3,(H,13,14)/t8-,10?/m0/s1. The summed E-state index contributed by atoms with van der Waals surface area (Å²) in [6.45, 7) is 9.51. The van der Waals surface area contributed by atoms with E-state index >= 15 is 0 Å². The molecule has 0 aromatic carbocycles. The van der Waals surface area contributed by atoms with Crippen LogP contribution in [0.2, 0.25) is 0 Å². The van der Waals surface area contributed by atoms with E-state index < -0.39 is 24.0 Å². The normalized spacial score (nSPS) is 24.8. The van der Waals surface area contributed by atoms with Crippen LogP contribution >= 0.6 is 0 Å². The Kier molecular flexibility index (Phi) is 3.72. The summed E-state index contributed by atoms with van der Waals surface area (Å²) in [6.07, 6.45) is -0.847. The first-order chi connectivity index (χ1) is 7.20. The number of carbonyl (C=O) groups is 1. The Bertz CT molecular complexity index is 295. The van der Waals surface area contributed by atoms with E-state index in [2.05, 4.69) is 6.58 Å². The quantitative estimate of drug-likeness (QED) is 0.553. The number of aliphatic carboxylic acids is 1. The van der Waals surface area contributed by atoms with Crippen LogP contribution < -0.4 is 0 Å². The molecule has 1 aliphatic rings. The summed E-state index contributed by atoms with van der Waals surface area (Å²) in [6, 6.07) is -0.746. The maximum Gasteiger partial charge on any atom is 0.321 e. The third-order valence-corrected chi connectivity index (χ3v) is 2.32. The van der Waals surface area contributed by atoms with E-state index in [-0.39, 0.29) is 0 Å². The van der Waals surface area contributed by atoms with Gasteiger partial charge in [-0.25, -0.2) is 4.90 Å². The van der Waals surface area contributed by atoms with Crippen molar-refractivity contribution in [2.24, 2.45) is 0 Å². The molecular weight excluding hydrogens is 210 g/mol. The third kappa shape index (κ3) is 3.30. The highest BCUT2D eigenvalue weighted by atomic mass is 16.6. The van der Waals surface area contributed by atoms with E-state index in [0.29, 0.717) is 13.0 Å². The van der Waals surface area contributed by atoms with E-state index in [9.17, 15) is 9.90 Å². The number of likely N-dealkylation sites (tertiary alicyclic amines) is 1. The molecule has 5 nitrogen and oxygen atoms in total. The first-order valence-electron chi connectivity index (χ1n) is 5.22. The first kappa shape index (κ1) is 13.2. The second-order valence-electron chi connectivity index (χ2n) is 5.04. The highest BCUT2D eigenvalue weighted by Crippen LogP contribution is 2.25. The van der Waals surface area contributed by atoms with Crippen LogP contribution in [0.4, 0.5) is 0 Å². The van der Waals surface area contributed by atoms with Crippen molar-refractivity contribution in [2.75, 3.05) is 6.54 Å². The fraction of sp³-hybridized carbons (Fsp3) is 0.727. The molecular formula is C11H19NO4. The highest BCUT2D eigenvalue weighted by molar-refractivity contribution is 5.74. The molecule has 1 heterocycles. The van der Waals surface area contributed by atoms with Crippen molar-refractivity contribution >= 4 is 5.97 Å². The number of carboxylic acids is 1. The second kappa shape index (κ2) is 4.53. The van der Waals surface area contributed by atoms with E-state index in [1.807, 2.05) is 0 Å². The molecule has 0 amide bonds. The van der Waals surface area contributed by atoms with Crippen LogP contribution in [0.25, 0.3) is 0 Å². The first-order valence-corrected chi connectivity index (χ1v) is 5.22. The predicted molar refractivity (Wildman–Crippen MR) is 58.7 cm³/mol. The lowest BCUT2D eigenvalue weighted by atomic mass is 10.2. The van der Waals surface area contributed by atoms with Crippen LogP contribution in [0.1, 0.15) is 27.2 Å². The molecule has 92 valence electrons. The van der Waals surface area contributed by atoms with Crippen molar-refractivity contribution < 1.29 is 19.7 Å². The van der Waals surface area contributed by atoms with E-state index in [4.69, 9.17) is 9.84 Å². The molecule has 1 aliphatic heterocycles. The average molecular weight is 229 g/mol. The molecule has 1 saturated heterocycles. The summed E-state index contributed by atoms with van der Waals surface area (Å²) in [4.78, 5) is 12.4. The highest BCUT2D eigenvalue weighted by Gasteiger charge is 2.38. The van der Waals surface area contributed by atoms with Gasteiger partial charge in [0.05, 0.1) is 5.60 Å². The van der Waals surface area contributed by atoms with E-state index in [0.717, 1.165) is 5.57 Å². The number of aliphatic hydroxyl groups excluding tert-OH is 1. The zero-order valence-corrected chi connectivity index (χ0v) is 9.93. The molecule has 5 heteroatoms. The van der Waals surface area contributed by atoms with Gasteiger partial charge in [0.1, 0.15) is 6.04 Å². The van der Waals surface area contributed by atoms with Gasteiger partial charge in [-0.15, -0.1) is 0 Å². The SMILES string of the molecule is C=C1C[C@@H](C(=O)O)N(C(O)OC(C)(C)C)C1. The minimum atomic E-state index is -1.21. The number of carboxylic acid groups (broad SMARTS) is 1. The lowest BCUT2D eigenvalue weighted by molar-refractivity contribution is -0.242. The maximum absolute atomic E-state index is 11.0. The topological polar surface area (TPSA) is 70.0 Å². The van der Waals surface area contributed by atoms with Crippen LogP contribution in [0.5, 0.6) is 0 Å². The fourth-order valence-corrected chi connectivity index (χ4v) is 1.67. The van der Waals surface area contributed by atoms with Gasteiger partial charge in [0.2, 0.25) is 6.41 Å². The van der Waals surface area contributed by atoms with Crippen molar-refractivity contribution in [1.82, 2.24) is 4.90 Å². The van der Waals surface area contributed by atoms with E-state index in [1.54, 1.807) is 20.8 Å². The molecule has 0 aliphatic carbocycles. The van der Waals surface area contributed by atoms with Crippen molar-refractivity contribution in [3.8, 4) is 0 Å². The molecule has 2 N–H and O–H groups in total. The van der Waals surface area contributed by atoms with Gasteiger partial charge in [-0.05, 0) is 27.2 Å². The van der Waals surface area contributed by atoms with Gasteiger partial charge >= 0.3 is 5.97 Å². The Morgan fingerprint density at radius 1 is 1.62 bits per heavy atom. The number of ether oxygens (including phenoxy) is 1. The zero-order valence-electron chi connectivity index (χ0n) is 9.93. The van der Waals surface area contributed by atoms with Crippen molar-refractivity contribution in [3.05, 3.63) is 12.2 Å². The molecule has 0 saturated carbocycles. The molecule has 0 bridgehead atoms. The third-order valence-electron chi connectivity index (χ3n) is 2.32. The molecule has 1 unspecified atom stereocenters. The largest absolute Gasteiger partial charge is 0.480 e. The van der Waals surface area contributed by atoms with Crippen LogP contribution in [-0.2, 0) is 9.53 Å².